The molecule has 1 atom stereocenters. The lowest BCUT2D eigenvalue weighted by atomic mass is 9.94. The minimum Gasteiger partial charge on any atom is -0.384 e. The van der Waals surface area contributed by atoms with Crippen LogP contribution >= 0.6 is 0 Å². The summed E-state index contributed by atoms with van der Waals surface area (Å²) in [6.07, 6.45) is 6.95. The lowest BCUT2D eigenvalue weighted by Gasteiger charge is -2.36. The highest BCUT2D eigenvalue weighted by atomic mass is 16.5. The SMILES string of the molecule is CCCNc1cncc(NC2CCOC(C)(C)C2)c1. The van der Waals surface area contributed by atoms with E-state index in [1.165, 1.54) is 0 Å². The Balaban J connectivity index is 1.94. The second-order valence-electron chi connectivity index (χ2n) is 5.83. The molecule has 2 N–H and O–H groups in total. The van der Waals surface area contributed by atoms with Crippen molar-refractivity contribution in [2.75, 3.05) is 23.8 Å². The fourth-order valence-electron chi connectivity index (χ4n) is 2.48. The van der Waals surface area contributed by atoms with E-state index in [-0.39, 0.29) is 5.60 Å². The highest BCUT2D eigenvalue weighted by Crippen LogP contribution is 2.26. The van der Waals surface area contributed by atoms with Gasteiger partial charge in [0.1, 0.15) is 0 Å². The van der Waals surface area contributed by atoms with E-state index in [0.29, 0.717) is 6.04 Å². The van der Waals surface area contributed by atoms with Crippen LogP contribution in [0.5, 0.6) is 0 Å². The van der Waals surface area contributed by atoms with Gasteiger partial charge < -0.3 is 15.4 Å². The third kappa shape index (κ3) is 4.39. The third-order valence-corrected chi connectivity index (χ3v) is 3.39. The average Bonchev–Trinajstić information content (AvgIpc) is 2.35. The molecule has 1 aromatic heterocycles. The van der Waals surface area contributed by atoms with Crippen molar-refractivity contribution in [3.05, 3.63) is 18.5 Å². The monoisotopic (exact) mass is 263 g/mol. The predicted octanol–water partition coefficient (Wildman–Crippen LogP) is 3.27. The van der Waals surface area contributed by atoms with Crippen LogP contribution in [0.1, 0.15) is 40.0 Å². The fourth-order valence-corrected chi connectivity index (χ4v) is 2.48. The maximum atomic E-state index is 5.74. The van der Waals surface area contributed by atoms with E-state index < -0.39 is 0 Å². The molecule has 0 bridgehead atoms. The van der Waals surface area contributed by atoms with Gasteiger partial charge in [-0.15, -0.1) is 0 Å². The third-order valence-electron chi connectivity index (χ3n) is 3.39. The Hall–Kier alpha value is -1.29. The number of pyridine rings is 1. The van der Waals surface area contributed by atoms with Crippen LogP contribution in [0, 0.1) is 0 Å². The number of nitrogens with one attached hydrogen (secondary N) is 2. The Morgan fingerprint density at radius 1 is 1.37 bits per heavy atom. The summed E-state index contributed by atoms with van der Waals surface area (Å²) in [4.78, 5) is 4.28. The van der Waals surface area contributed by atoms with Crippen LogP contribution in [-0.2, 0) is 4.74 Å². The van der Waals surface area contributed by atoms with Gasteiger partial charge in [-0.25, -0.2) is 0 Å². The van der Waals surface area contributed by atoms with E-state index in [1.54, 1.807) is 0 Å². The first-order valence-corrected chi connectivity index (χ1v) is 7.18. The van der Waals surface area contributed by atoms with Crippen molar-refractivity contribution >= 4 is 11.4 Å². The van der Waals surface area contributed by atoms with E-state index in [2.05, 4.69) is 42.5 Å². The first-order chi connectivity index (χ1) is 9.09. The van der Waals surface area contributed by atoms with Gasteiger partial charge in [0.05, 0.1) is 29.4 Å². The van der Waals surface area contributed by atoms with Gasteiger partial charge in [0.25, 0.3) is 0 Å². The minimum atomic E-state index is -0.0264. The first kappa shape index (κ1) is 14.1. The molecule has 1 saturated heterocycles. The van der Waals surface area contributed by atoms with Gasteiger partial charge in [-0.3, -0.25) is 4.98 Å². The van der Waals surface area contributed by atoms with Crippen molar-refractivity contribution in [1.29, 1.82) is 0 Å². The van der Waals surface area contributed by atoms with Crippen LogP contribution < -0.4 is 10.6 Å². The maximum Gasteiger partial charge on any atom is 0.0646 e. The zero-order valence-electron chi connectivity index (χ0n) is 12.2. The van der Waals surface area contributed by atoms with Gasteiger partial charge in [-0.1, -0.05) is 6.92 Å². The number of ether oxygens (including phenoxy) is 1. The molecule has 0 aliphatic carbocycles. The quantitative estimate of drug-likeness (QED) is 0.856. The van der Waals surface area contributed by atoms with E-state index in [9.17, 15) is 0 Å². The Morgan fingerprint density at radius 2 is 2.16 bits per heavy atom. The van der Waals surface area contributed by atoms with E-state index >= 15 is 0 Å². The summed E-state index contributed by atoms with van der Waals surface area (Å²) in [5.41, 5.74) is 2.14. The van der Waals surface area contributed by atoms with Crippen LogP contribution in [0.4, 0.5) is 11.4 Å². The number of hydrogen-bond acceptors (Lipinski definition) is 4. The second kappa shape index (κ2) is 6.24. The molecule has 106 valence electrons. The largest absolute Gasteiger partial charge is 0.384 e. The van der Waals surface area contributed by atoms with Gasteiger partial charge in [0, 0.05) is 19.2 Å². The number of aromatic nitrogens is 1. The summed E-state index contributed by atoms with van der Waals surface area (Å²) in [6, 6.07) is 2.59. The van der Waals surface area contributed by atoms with Gasteiger partial charge in [-0.2, -0.15) is 0 Å². The molecule has 19 heavy (non-hydrogen) atoms. The molecule has 4 nitrogen and oxygen atoms in total. The zero-order chi connectivity index (χ0) is 13.7. The molecule has 0 aromatic carbocycles. The molecule has 1 aliphatic rings. The first-order valence-electron chi connectivity index (χ1n) is 7.18. The summed E-state index contributed by atoms with van der Waals surface area (Å²) in [7, 11) is 0. The van der Waals surface area contributed by atoms with Crippen LogP contribution in [-0.4, -0.2) is 29.8 Å². The summed E-state index contributed by atoms with van der Waals surface area (Å²) in [5, 5.41) is 6.93. The highest BCUT2D eigenvalue weighted by molar-refractivity contribution is 5.54. The highest BCUT2D eigenvalue weighted by Gasteiger charge is 2.28. The van der Waals surface area contributed by atoms with Crippen molar-refractivity contribution < 1.29 is 4.74 Å². The van der Waals surface area contributed by atoms with Gasteiger partial charge in [0.15, 0.2) is 0 Å². The number of hydrogen-bond donors (Lipinski definition) is 2. The molecular weight excluding hydrogens is 238 g/mol. The maximum absolute atomic E-state index is 5.74. The van der Waals surface area contributed by atoms with Gasteiger partial charge in [-0.05, 0) is 39.2 Å². The van der Waals surface area contributed by atoms with E-state index in [0.717, 1.165) is 43.8 Å². The minimum absolute atomic E-state index is 0.0264. The summed E-state index contributed by atoms with van der Waals surface area (Å²) in [6.45, 7) is 8.27. The van der Waals surface area contributed by atoms with Crippen molar-refractivity contribution in [2.45, 2.75) is 51.7 Å². The summed E-state index contributed by atoms with van der Waals surface area (Å²) < 4.78 is 5.74. The molecule has 4 heteroatoms. The standard InChI is InChI=1S/C15H25N3O/c1-4-6-17-13-8-14(11-16-10-13)18-12-5-7-19-15(2,3)9-12/h8,10-12,17-18H,4-7,9H2,1-3H3. The molecule has 0 saturated carbocycles. The lowest BCUT2D eigenvalue weighted by Crippen LogP contribution is -2.40. The smallest absolute Gasteiger partial charge is 0.0646 e. The van der Waals surface area contributed by atoms with Crippen molar-refractivity contribution in [2.24, 2.45) is 0 Å². The van der Waals surface area contributed by atoms with Crippen molar-refractivity contribution in [1.82, 2.24) is 4.98 Å². The molecule has 1 aromatic rings. The van der Waals surface area contributed by atoms with Crippen LogP contribution in [0.2, 0.25) is 0 Å². The summed E-state index contributed by atoms with van der Waals surface area (Å²) in [5.74, 6) is 0. The zero-order valence-corrected chi connectivity index (χ0v) is 12.2. The van der Waals surface area contributed by atoms with Crippen LogP contribution in [0.3, 0.4) is 0 Å². The molecule has 1 unspecified atom stereocenters. The second-order valence-corrected chi connectivity index (χ2v) is 5.83. The topological polar surface area (TPSA) is 46.2 Å². The fraction of sp³-hybridized carbons (Fsp3) is 0.667. The van der Waals surface area contributed by atoms with Crippen molar-refractivity contribution in [3.8, 4) is 0 Å². The Labute approximate surface area is 116 Å². The van der Waals surface area contributed by atoms with E-state index in [4.69, 9.17) is 4.74 Å². The molecule has 0 radical (unpaired) electrons. The molecular formula is C15H25N3O. The molecule has 0 amide bonds. The lowest BCUT2D eigenvalue weighted by molar-refractivity contribution is -0.0553. The molecule has 0 spiro atoms. The Bertz CT molecular complexity index is 406. The van der Waals surface area contributed by atoms with Crippen molar-refractivity contribution in [3.63, 3.8) is 0 Å². The summed E-state index contributed by atoms with van der Waals surface area (Å²) >= 11 is 0. The van der Waals surface area contributed by atoms with Crippen LogP contribution in [0.25, 0.3) is 0 Å². The number of rotatable bonds is 5. The average molecular weight is 263 g/mol. The Morgan fingerprint density at radius 3 is 2.89 bits per heavy atom. The van der Waals surface area contributed by atoms with E-state index in [1.807, 2.05) is 12.4 Å². The normalized spacial score (nSPS) is 21.9. The van der Waals surface area contributed by atoms with Crippen LogP contribution in [0.15, 0.2) is 18.5 Å². The Kier molecular flexibility index (Phi) is 4.64. The number of nitrogens with zero attached hydrogens (tertiary/aromatic N) is 1. The van der Waals surface area contributed by atoms with Gasteiger partial charge >= 0.3 is 0 Å². The molecule has 2 heterocycles. The van der Waals surface area contributed by atoms with Gasteiger partial charge in [0.2, 0.25) is 0 Å². The molecule has 1 fully saturated rings. The molecule has 1 aliphatic heterocycles. The number of anilines is 2. The predicted molar refractivity (Wildman–Crippen MR) is 79.7 cm³/mol. The molecule has 2 rings (SSSR count).